The largest absolute Gasteiger partial charge is 0.449 e. The summed E-state index contributed by atoms with van der Waals surface area (Å²) in [6.45, 7) is 0.534. The molecule has 0 aliphatic heterocycles. The van der Waals surface area contributed by atoms with E-state index in [2.05, 4.69) is 4.99 Å². The third-order valence-corrected chi connectivity index (χ3v) is 1.62. The number of nitrogens with one attached hydrogen (secondary N) is 2. The van der Waals surface area contributed by atoms with Crippen LogP contribution in [0.2, 0.25) is 0 Å². The van der Waals surface area contributed by atoms with Gasteiger partial charge in [-0.05, 0) is 13.0 Å². The monoisotopic (exact) mass is 240 g/mol. The molecule has 0 radical (unpaired) electrons. The number of guanidine groups is 1. The predicted molar refractivity (Wildman–Crippen MR) is 54.8 cm³/mol. The number of hydrazine groups is 1. The molecule has 0 rings (SSSR count). The third-order valence-electron chi connectivity index (χ3n) is 1.62. The molecule has 6 N–H and O–H groups in total. The Morgan fingerprint density at radius 2 is 2.06 bits per heavy atom. The standard InChI is InChI=1S/C7H15F3N6/c1-14-5(7(8,9)10)15-6(12)16(13)4-2-3-11/h2-4,11,13H2,1H3,(H2,12,14,15). The Labute approximate surface area is 91.0 Å². The molecule has 0 atom stereocenters. The smallest absolute Gasteiger partial charge is 0.330 e. The zero-order valence-corrected chi connectivity index (χ0v) is 8.80. The second kappa shape index (κ2) is 6.28. The number of nitrogens with zero attached hydrogens (tertiary/aromatic N) is 2. The minimum absolute atomic E-state index is 0.192. The van der Waals surface area contributed by atoms with Gasteiger partial charge in [0.05, 0.1) is 0 Å². The highest BCUT2D eigenvalue weighted by Crippen LogP contribution is 2.15. The predicted octanol–water partition coefficient (Wildman–Crippen LogP) is -0.374. The highest BCUT2D eigenvalue weighted by atomic mass is 19.4. The molecule has 0 bridgehead atoms. The van der Waals surface area contributed by atoms with Gasteiger partial charge in [0, 0.05) is 13.6 Å². The molecule has 0 aromatic carbocycles. The van der Waals surface area contributed by atoms with Gasteiger partial charge in [-0.25, -0.2) is 5.84 Å². The van der Waals surface area contributed by atoms with Crippen LogP contribution in [0.3, 0.4) is 0 Å². The third kappa shape index (κ3) is 4.94. The Balaban J connectivity index is 4.33. The first kappa shape index (κ1) is 14.6. The van der Waals surface area contributed by atoms with Gasteiger partial charge < -0.3 is 11.1 Å². The molecule has 6 nitrogen and oxygen atoms in total. The van der Waals surface area contributed by atoms with E-state index in [9.17, 15) is 13.2 Å². The Kier molecular flexibility index (Phi) is 5.75. The summed E-state index contributed by atoms with van der Waals surface area (Å²) in [6, 6.07) is 0. The van der Waals surface area contributed by atoms with E-state index >= 15 is 0 Å². The van der Waals surface area contributed by atoms with Crippen LogP contribution in [-0.4, -0.2) is 43.1 Å². The van der Waals surface area contributed by atoms with Gasteiger partial charge in [-0.3, -0.25) is 15.4 Å². The van der Waals surface area contributed by atoms with Gasteiger partial charge in [0.1, 0.15) is 0 Å². The van der Waals surface area contributed by atoms with Gasteiger partial charge >= 0.3 is 6.18 Å². The van der Waals surface area contributed by atoms with E-state index in [1.54, 1.807) is 5.32 Å². The molecule has 94 valence electrons. The molecule has 0 unspecified atom stereocenters. The van der Waals surface area contributed by atoms with Crippen LogP contribution in [0.25, 0.3) is 0 Å². The molecule has 0 fully saturated rings. The van der Waals surface area contributed by atoms with Gasteiger partial charge in [0.15, 0.2) is 0 Å². The Bertz CT molecular complexity index is 261. The van der Waals surface area contributed by atoms with E-state index < -0.39 is 18.0 Å². The Morgan fingerprint density at radius 1 is 1.50 bits per heavy atom. The average Bonchev–Trinajstić information content (AvgIpc) is 2.20. The summed E-state index contributed by atoms with van der Waals surface area (Å²) in [7, 11) is 0.976. The summed E-state index contributed by atoms with van der Waals surface area (Å²) < 4.78 is 36.7. The first-order valence-corrected chi connectivity index (χ1v) is 4.44. The Morgan fingerprint density at radius 3 is 2.44 bits per heavy atom. The van der Waals surface area contributed by atoms with Crippen LogP contribution in [0.1, 0.15) is 6.42 Å². The molecule has 0 aromatic heterocycles. The number of hydrogen-bond donors (Lipinski definition) is 4. The second-order valence-electron chi connectivity index (χ2n) is 2.88. The summed E-state index contributed by atoms with van der Waals surface area (Å²) in [4.78, 5) is 2.99. The molecule has 0 saturated heterocycles. The van der Waals surface area contributed by atoms with Crippen LogP contribution in [0.5, 0.6) is 0 Å². The summed E-state index contributed by atoms with van der Waals surface area (Å²) in [6.07, 6.45) is -4.15. The molecule has 0 spiro atoms. The van der Waals surface area contributed by atoms with E-state index in [4.69, 9.17) is 17.0 Å². The zero-order valence-electron chi connectivity index (χ0n) is 8.80. The van der Waals surface area contributed by atoms with Gasteiger partial charge in [0.2, 0.25) is 11.8 Å². The molecule has 0 heterocycles. The van der Waals surface area contributed by atoms with Crippen LogP contribution in [-0.2, 0) is 0 Å². The molecular formula is C7H15F3N6. The quantitative estimate of drug-likeness (QED) is 0.234. The fourth-order valence-electron chi connectivity index (χ4n) is 0.811. The maximum absolute atomic E-state index is 12.2. The number of hydrogen-bond acceptors (Lipinski definition) is 4. The number of halogens is 3. The van der Waals surface area contributed by atoms with Crippen LogP contribution in [0, 0.1) is 5.41 Å². The van der Waals surface area contributed by atoms with Crippen molar-refractivity contribution in [1.29, 1.82) is 5.41 Å². The van der Waals surface area contributed by atoms with E-state index in [1.807, 2.05) is 0 Å². The molecule has 0 saturated carbocycles. The minimum atomic E-state index is -4.63. The number of amidine groups is 1. The molecule has 0 aromatic rings. The number of nitrogens with two attached hydrogens (primary N) is 2. The van der Waals surface area contributed by atoms with Crippen LogP contribution < -0.4 is 16.9 Å². The zero-order chi connectivity index (χ0) is 12.8. The van der Waals surface area contributed by atoms with Crippen molar-refractivity contribution in [3.8, 4) is 0 Å². The summed E-state index contributed by atoms with van der Waals surface area (Å²) >= 11 is 0. The summed E-state index contributed by atoms with van der Waals surface area (Å²) in [5.74, 6) is 3.48. The molecule has 0 aliphatic carbocycles. The second-order valence-corrected chi connectivity index (χ2v) is 2.88. The van der Waals surface area contributed by atoms with Crippen LogP contribution in [0.4, 0.5) is 13.2 Å². The number of rotatable bonds is 3. The number of alkyl halides is 3. The highest BCUT2D eigenvalue weighted by molar-refractivity contribution is 6.01. The molecule has 9 heteroatoms. The summed E-state index contributed by atoms with van der Waals surface area (Å²) in [5.41, 5.74) is 5.20. The van der Waals surface area contributed by atoms with E-state index in [-0.39, 0.29) is 6.54 Å². The van der Waals surface area contributed by atoms with E-state index in [1.165, 1.54) is 0 Å². The normalized spacial score (nSPS) is 12.5. The first-order valence-electron chi connectivity index (χ1n) is 4.44. The summed E-state index contributed by atoms with van der Waals surface area (Å²) in [5, 5.41) is 9.88. The van der Waals surface area contributed by atoms with Crippen LogP contribution in [0.15, 0.2) is 4.99 Å². The topological polar surface area (TPSA) is 104 Å². The lowest BCUT2D eigenvalue weighted by atomic mass is 10.4. The van der Waals surface area contributed by atoms with Crippen LogP contribution >= 0.6 is 0 Å². The fraction of sp³-hybridized carbons (Fsp3) is 0.714. The van der Waals surface area contributed by atoms with Crippen molar-refractivity contribution in [2.45, 2.75) is 12.6 Å². The van der Waals surface area contributed by atoms with Gasteiger partial charge in [-0.2, -0.15) is 13.2 Å². The maximum Gasteiger partial charge on any atom is 0.449 e. The van der Waals surface area contributed by atoms with Crippen molar-refractivity contribution < 1.29 is 13.2 Å². The van der Waals surface area contributed by atoms with Crippen molar-refractivity contribution in [3.63, 3.8) is 0 Å². The molecule has 16 heavy (non-hydrogen) atoms. The maximum atomic E-state index is 12.2. The fourth-order valence-corrected chi connectivity index (χ4v) is 0.811. The van der Waals surface area contributed by atoms with Gasteiger partial charge in [-0.1, -0.05) is 0 Å². The first-order chi connectivity index (χ1) is 7.32. The van der Waals surface area contributed by atoms with Crippen molar-refractivity contribution in [2.75, 3.05) is 20.1 Å². The van der Waals surface area contributed by atoms with Crippen molar-refractivity contribution >= 4 is 11.8 Å². The lowest BCUT2D eigenvalue weighted by Crippen LogP contribution is -2.51. The Hall–Kier alpha value is -1.35. The van der Waals surface area contributed by atoms with Gasteiger partial charge in [0.25, 0.3) is 0 Å². The SMILES string of the molecule is CN=C(NC(=N)N(N)CCCN)C(F)(F)F. The average molecular weight is 240 g/mol. The van der Waals surface area contributed by atoms with Crippen molar-refractivity contribution in [2.24, 2.45) is 16.6 Å². The van der Waals surface area contributed by atoms with Crippen molar-refractivity contribution in [3.05, 3.63) is 0 Å². The minimum Gasteiger partial charge on any atom is -0.330 e. The molecular weight excluding hydrogens is 225 g/mol. The lowest BCUT2D eigenvalue weighted by molar-refractivity contribution is -0.0611. The van der Waals surface area contributed by atoms with Crippen molar-refractivity contribution in [1.82, 2.24) is 10.3 Å². The van der Waals surface area contributed by atoms with E-state index in [0.29, 0.717) is 13.0 Å². The highest BCUT2D eigenvalue weighted by Gasteiger charge is 2.36. The van der Waals surface area contributed by atoms with Gasteiger partial charge in [-0.15, -0.1) is 0 Å². The number of aliphatic imine (C=N–C) groups is 1. The molecule has 0 aliphatic rings. The molecule has 0 amide bonds. The van der Waals surface area contributed by atoms with E-state index in [0.717, 1.165) is 12.1 Å². The lowest BCUT2D eigenvalue weighted by Gasteiger charge is -2.21.